The van der Waals surface area contributed by atoms with Gasteiger partial charge in [0, 0.05) is 52.4 Å². The number of hydrogen-bond donors (Lipinski definition) is 10. The predicted octanol–water partition coefficient (Wildman–Crippen LogP) is 6.69. The Kier molecular flexibility index (Phi) is 19.0. The maximum Gasteiger partial charge on any atom is 0.355 e. The molecule has 462 valence electrons. The molecule has 6 amide bonds. The van der Waals surface area contributed by atoms with Gasteiger partial charge in [0.25, 0.3) is 15.6 Å². The van der Waals surface area contributed by atoms with Crippen molar-refractivity contribution in [3.63, 3.8) is 0 Å². The number of aliphatic carboxylic acids is 1. The van der Waals surface area contributed by atoms with Crippen LogP contribution in [0.25, 0.3) is 22.3 Å². The first kappa shape index (κ1) is 62.9. The molecule has 10 N–H and O–H groups in total. The molecule has 27 heteroatoms. The molecular weight excluding hydrogens is 1170 g/mol. The molecule has 0 spiro atoms. The van der Waals surface area contributed by atoms with Crippen molar-refractivity contribution in [3.8, 4) is 17.1 Å². The maximum absolute atomic E-state index is 14.4. The lowest BCUT2D eigenvalue weighted by molar-refractivity contribution is -0.191. The Balaban J connectivity index is 0.783. The quantitative estimate of drug-likeness (QED) is 0.0265. The second kappa shape index (κ2) is 26.5. The Morgan fingerprint density at radius 2 is 1.56 bits per heavy atom. The minimum absolute atomic E-state index is 0.0501. The van der Waals surface area contributed by atoms with Gasteiger partial charge in [-0.1, -0.05) is 52.8 Å². The highest BCUT2D eigenvalue weighted by Crippen LogP contribution is 2.43. The second-order valence-corrected chi connectivity index (χ2v) is 23.8. The Morgan fingerprint density at radius 3 is 2.26 bits per heavy atom. The highest BCUT2D eigenvalue weighted by molar-refractivity contribution is 7.92. The lowest BCUT2D eigenvalue weighted by atomic mass is 9.85. The van der Waals surface area contributed by atoms with Gasteiger partial charge >= 0.3 is 30.0 Å². The number of anilines is 4. The number of esters is 2. The number of rotatable bonds is 21. The molecule has 0 saturated carbocycles. The van der Waals surface area contributed by atoms with Crippen LogP contribution in [0.5, 0.6) is 5.75 Å². The molecule has 4 atom stereocenters. The average Bonchev–Trinajstić information content (AvgIpc) is 1.73. The molecule has 0 aliphatic carbocycles. The number of phenolic OH excluding ortho intramolecular Hbond substituents is 1. The molecule has 4 aromatic carbocycles. The lowest BCUT2D eigenvalue weighted by Gasteiger charge is -2.37. The minimum atomic E-state index is -4.19. The largest absolute Gasteiger partial charge is 0.508 e. The van der Waals surface area contributed by atoms with E-state index in [-0.39, 0.29) is 82.9 Å². The number of fused-ring (bicyclic) bond motifs is 5. The molecule has 1 unspecified atom stereocenters. The summed E-state index contributed by atoms with van der Waals surface area (Å²) >= 11 is 5.48. The number of nitrogens with zero attached hydrogens (tertiary/aromatic N) is 3. The maximum atomic E-state index is 14.4. The van der Waals surface area contributed by atoms with Crippen LogP contribution in [0.1, 0.15) is 101 Å². The number of thiocarbonyl (C=S) groups is 1. The van der Waals surface area contributed by atoms with Crippen molar-refractivity contribution >= 4 is 103 Å². The number of carboxylic acid groups (broad SMARTS) is 1. The normalized spacial score (nSPS) is 16.4. The van der Waals surface area contributed by atoms with Gasteiger partial charge in [0.2, 0.25) is 17.4 Å². The number of phenols is 1. The number of aromatic nitrogens is 2. The summed E-state index contributed by atoms with van der Waals surface area (Å²) in [6, 6.07) is 19.6. The number of carboxylic acids is 1. The number of pyridine rings is 2. The molecule has 0 bridgehead atoms. The van der Waals surface area contributed by atoms with Crippen molar-refractivity contribution in [3.05, 3.63) is 135 Å². The standard InChI is InChI=1S/C61H67N11O14S2/c1-6-23-62-58(81)65-37-13-10-15-40(26-37)88(83,84)70-38-14-9-12-34(25-38)47(29-51(75)76)68-59(82)64-35-17-19-36(20-18-35)66-60(87)63-30-50(74)71-24-11-16-48(71)54(77)69-52(33(4)5)56(79)86-61(8-3)45-28-49-53-43(31-72(49)55(78)44(45)32-85-57(61)80)41(7-2)42-27-39(73)21-22-46(42)67-53/h9-10,12-15,17-22,25-28,33,47-48,52,70,73H,6-8,11,16,23-24,29-32H2,1-5H3,(H,69,77)(H,75,76)(H2,62,65,81)(H2,63,66,87)(H2,64,68,82)/t47?,48-,52-,61-/m0/s1. The molecule has 3 aliphatic rings. The molecule has 88 heavy (non-hydrogen) atoms. The number of likely N-dealkylation sites (tertiary alicyclic amines) is 1. The number of ether oxygens (including phenoxy) is 2. The fraction of sp³-hybridized carbons (Fsp3) is 0.344. The van der Waals surface area contributed by atoms with Crippen molar-refractivity contribution < 1.29 is 61.7 Å². The number of hydrogen-bond acceptors (Lipinski definition) is 15. The number of cyclic esters (lactones) is 1. The van der Waals surface area contributed by atoms with Gasteiger partial charge in [0.15, 0.2) is 5.11 Å². The van der Waals surface area contributed by atoms with Crippen molar-refractivity contribution in [2.75, 3.05) is 40.3 Å². The highest BCUT2D eigenvalue weighted by atomic mass is 32.2. The first-order valence-corrected chi connectivity index (χ1v) is 30.6. The Labute approximate surface area is 511 Å². The van der Waals surface area contributed by atoms with E-state index in [9.17, 15) is 57.0 Å². The van der Waals surface area contributed by atoms with Crippen LogP contribution >= 0.6 is 12.2 Å². The van der Waals surface area contributed by atoms with E-state index in [0.717, 1.165) is 16.5 Å². The van der Waals surface area contributed by atoms with Crippen LogP contribution in [0.4, 0.5) is 32.3 Å². The number of aromatic hydroxyl groups is 1. The number of carbonyl (C=O) groups excluding carboxylic acids is 6. The van der Waals surface area contributed by atoms with Gasteiger partial charge in [-0.25, -0.2) is 32.6 Å². The number of carbonyl (C=O) groups is 7. The molecule has 0 radical (unpaired) electrons. The Bertz CT molecular complexity index is 3950. The van der Waals surface area contributed by atoms with Crippen LogP contribution in [0, 0.1) is 5.92 Å². The summed E-state index contributed by atoms with van der Waals surface area (Å²) in [6.45, 7) is 9.05. The predicted molar refractivity (Wildman–Crippen MR) is 330 cm³/mol. The van der Waals surface area contributed by atoms with E-state index < -0.39 is 93.4 Å². The van der Waals surface area contributed by atoms with E-state index in [1.54, 1.807) is 55.7 Å². The van der Waals surface area contributed by atoms with Crippen molar-refractivity contribution in [2.24, 2.45) is 5.92 Å². The number of urea groups is 2. The number of amides is 6. The molecule has 6 aromatic rings. The zero-order chi connectivity index (χ0) is 63.2. The van der Waals surface area contributed by atoms with Crippen molar-refractivity contribution in [1.82, 2.24) is 35.7 Å². The van der Waals surface area contributed by atoms with E-state index in [4.69, 9.17) is 26.7 Å². The lowest BCUT2D eigenvalue weighted by Crippen LogP contribution is -2.56. The van der Waals surface area contributed by atoms with E-state index >= 15 is 0 Å². The summed E-state index contributed by atoms with van der Waals surface area (Å²) in [5, 5.41) is 39.9. The van der Waals surface area contributed by atoms with E-state index in [1.165, 1.54) is 71.6 Å². The molecule has 25 nitrogen and oxygen atoms in total. The van der Waals surface area contributed by atoms with Gasteiger partial charge in [-0.05, 0) is 140 Å². The van der Waals surface area contributed by atoms with Crippen molar-refractivity contribution in [1.29, 1.82) is 0 Å². The molecule has 1 saturated heterocycles. The van der Waals surface area contributed by atoms with Gasteiger partial charge in [0.05, 0.1) is 52.9 Å². The number of benzene rings is 4. The first-order chi connectivity index (χ1) is 42.0. The highest BCUT2D eigenvalue weighted by Gasteiger charge is 2.52. The van der Waals surface area contributed by atoms with Gasteiger partial charge in [-0.3, -0.25) is 23.9 Å². The van der Waals surface area contributed by atoms with Crippen LogP contribution < -0.4 is 47.5 Å². The third kappa shape index (κ3) is 13.6. The first-order valence-electron chi connectivity index (χ1n) is 28.7. The number of aryl methyl sites for hydroxylation is 1. The molecule has 3 aliphatic heterocycles. The monoisotopic (exact) mass is 1240 g/mol. The van der Waals surface area contributed by atoms with Crippen LogP contribution in [0.2, 0.25) is 0 Å². The van der Waals surface area contributed by atoms with Crippen molar-refractivity contribution in [2.45, 2.75) is 115 Å². The topological polar surface area (TPSA) is 347 Å². The number of sulfonamides is 1. The van der Waals surface area contributed by atoms with E-state index in [2.05, 4.69) is 41.9 Å². The zero-order valence-electron chi connectivity index (χ0n) is 48.8. The second-order valence-electron chi connectivity index (χ2n) is 21.7. The van der Waals surface area contributed by atoms with Gasteiger partial charge in [-0.15, -0.1) is 0 Å². The van der Waals surface area contributed by atoms with Crippen LogP contribution in [0.3, 0.4) is 0 Å². The summed E-state index contributed by atoms with van der Waals surface area (Å²) in [6.07, 6.45) is 1.39. The third-order valence-corrected chi connectivity index (χ3v) is 17.1. The summed E-state index contributed by atoms with van der Waals surface area (Å²) in [7, 11) is -4.19. The molecular formula is C61H67N11O14S2. The Morgan fingerprint density at radius 1 is 0.841 bits per heavy atom. The van der Waals surface area contributed by atoms with Crippen LogP contribution in [0.15, 0.2) is 107 Å². The van der Waals surface area contributed by atoms with Crippen LogP contribution in [-0.4, -0.2) is 112 Å². The van der Waals surface area contributed by atoms with E-state index in [0.29, 0.717) is 54.1 Å². The molecule has 5 heterocycles. The van der Waals surface area contributed by atoms with Gasteiger partial charge in [-0.2, -0.15) is 0 Å². The van der Waals surface area contributed by atoms with Gasteiger partial charge < -0.3 is 66.4 Å². The summed E-state index contributed by atoms with van der Waals surface area (Å²) in [4.78, 5) is 114. The SMILES string of the molecule is CCCNC(=O)Nc1cccc(S(=O)(=O)Nc2cccc(C(CC(=O)O)NC(=O)Nc3ccc(NC(=S)NCC(=O)N4CCC[C@H]4C(=O)N[C@H](C(=O)O[C@]4(CC)C(=O)OCc5c4cc4n(c5=O)Cc5c-4nc4ccc(O)cc4c5CC)C(C)C)cc3)c2)c1. The van der Waals surface area contributed by atoms with E-state index in [1.807, 2.05) is 13.8 Å². The average molecular weight is 1240 g/mol. The number of nitrogens with one attached hydrogen (secondary N) is 8. The fourth-order valence-corrected chi connectivity index (χ4v) is 12.3. The van der Waals surface area contributed by atoms with Crippen LogP contribution in [-0.2, 0) is 68.6 Å². The summed E-state index contributed by atoms with van der Waals surface area (Å²) in [5.74, 6) is -4.65. The third-order valence-electron chi connectivity index (χ3n) is 15.4. The smallest absolute Gasteiger partial charge is 0.355 e. The minimum Gasteiger partial charge on any atom is -0.508 e. The Hall–Kier alpha value is -9.63. The molecule has 9 rings (SSSR count). The fourth-order valence-electron chi connectivity index (χ4n) is 11.0. The summed E-state index contributed by atoms with van der Waals surface area (Å²) < 4.78 is 42.6. The zero-order valence-corrected chi connectivity index (χ0v) is 50.4. The molecule has 2 aromatic heterocycles. The van der Waals surface area contributed by atoms with Gasteiger partial charge in [0.1, 0.15) is 24.4 Å². The molecule has 1 fully saturated rings. The summed E-state index contributed by atoms with van der Waals surface area (Å²) in [5.41, 5.74) is 2.43.